The maximum Gasteiger partial charge on any atom is 0.229 e. The highest BCUT2D eigenvalue weighted by Gasteiger charge is 2.08. The Bertz CT molecular complexity index is 1010. The van der Waals surface area contributed by atoms with Gasteiger partial charge in [0.2, 0.25) is 17.8 Å². The molecule has 0 saturated carbocycles. The Morgan fingerprint density at radius 2 is 1.32 bits per heavy atom. The summed E-state index contributed by atoms with van der Waals surface area (Å²) in [5.74, 6) is 0.302. The number of nitrogens with one attached hydrogen (secondary N) is 3. The molecule has 0 radical (unpaired) electrons. The fraction of sp³-hybridized carbons (Fsp3) is 0.348. The van der Waals surface area contributed by atoms with E-state index in [2.05, 4.69) is 30.9 Å². The topological polar surface area (TPSA) is 119 Å². The van der Waals surface area contributed by atoms with E-state index < -0.39 is 0 Å². The number of ether oxygens (including phenoxy) is 2. The third-order valence-corrected chi connectivity index (χ3v) is 4.56. The SMILES string of the molecule is NCCOCCOCCNc1nc(NCc2ccc(F)cc2)nc(NCc2ccccc2F)n1. The quantitative estimate of drug-likeness (QED) is 0.247. The van der Waals surface area contributed by atoms with Gasteiger partial charge in [-0.15, -0.1) is 0 Å². The third-order valence-electron chi connectivity index (χ3n) is 4.56. The molecule has 0 atom stereocenters. The van der Waals surface area contributed by atoms with E-state index in [1.165, 1.54) is 18.2 Å². The monoisotopic (exact) mass is 473 g/mol. The average Bonchev–Trinajstić information content (AvgIpc) is 2.85. The number of benzene rings is 2. The van der Waals surface area contributed by atoms with Crippen molar-refractivity contribution < 1.29 is 18.3 Å². The van der Waals surface area contributed by atoms with Gasteiger partial charge in [0.15, 0.2) is 0 Å². The van der Waals surface area contributed by atoms with E-state index in [-0.39, 0.29) is 24.1 Å². The number of aromatic nitrogens is 3. The number of nitrogens with zero attached hydrogens (tertiary/aromatic N) is 3. The predicted molar refractivity (Wildman–Crippen MR) is 126 cm³/mol. The highest BCUT2D eigenvalue weighted by Crippen LogP contribution is 2.13. The van der Waals surface area contributed by atoms with Crippen LogP contribution >= 0.6 is 0 Å². The molecule has 3 rings (SSSR count). The smallest absolute Gasteiger partial charge is 0.229 e. The summed E-state index contributed by atoms with van der Waals surface area (Å²) in [4.78, 5) is 13.1. The van der Waals surface area contributed by atoms with Crippen LogP contribution in [0.15, 0.2) is 48.5 Å². The van der Waals surface area contributed by atoms with E-state index in [1.54, 1.807) is 30.3 Å². The first-order valence-electron chi connectivity index (χ1n) is 10.9. The molecule has 1 aromatic heterocycles. The van der Waals surface area contributed by atoms with E-state index in [1.807, 2.05) is 0 Å². The lowest BCUT2D eigenvalue weighted by Crippen LogP contribution is -2.17. The molecule has 0 bridgehead atoms. The number of hydrogen-bond acceptors (Lipinski definition) is 9. The minimum atomic E-state index is -0.315. The molecule has 0 unspecified atom stereocenters. The van der Waals surface area contributed by atoms with Gasteiger partial charge in [-0.25, -0.2) is 8.78 Å². The lowest BCUT2D eigenvalue weighted by molar-refractivity contribution is 0.0547. The molecule has 5 N–H and O–H groups in total. The van der Waals surface area contributed by atoms with Crippen molar-refractivity contribution >= 4 is 17.8 Å². The van der Waals surface area contributed by atoms with Crippen LogP contribution in [0.5, 0.6) is 0 Å². The number of hydrogen-bond donors (Lipinski definition) is 4. The van der Waals surface area contributed by atoms with Crippen molar-refractivity contribution in [3.8, 4) is 0 Å². The molecule has 34 heavy (non-hydrogen) atoms. The molecule has 0 aliphatic carbocycles. The average molecular weight is 474 g/mol. The number of anilines is 3. The maximum absolute atomic E-state index is 14.0. The Labute approximate surface area is 197 Å². The first-order chi connectivity index (χ1) is 16.6. The number of nitrogens with two attached hydrogens (primary N) is 1. The van der Waals surface area contributed by atoms with Crippen molar-refractivity contribution in [2.45, 2.75) is 13.1 Å². The first-order valence-corrected chi connectivity index (χ1v) is 10.9. The van der Waals surface area contributed by atoms with Crippen LogP contribution in [-0.2, 0) is 22.6 Å². The Balaban J connectivity index is 1.59. The van der Waals surface area contributed by atoms with Crippen molar-refractivity contribution in [2.75, 3.05) is 55.5 Å². The zero-order valence-electron chi connectivity index (χ0n) is 18.8. The zero-order chi connectivity index (χ0) is 24.0. The predicted octanol–water partition coefficient (Wildman–Crippen LogP) is 2.78. The van der Waals surface area contributed by atoms with Crippen LogP contribution in [0.1, 0.15) is 11.1 Å². The Kier molecular flexibility index (Phi) is 10.4. The second-order valence-electron chi connectivity index (χ2n) is 7.17. The van der Waals surface area contributed by atoms with Crippen molar-refractivity contribution in [1.82, 2.24) is 15.0 Å². The second kappa shape index (κ2) is 14.0. The van der Waals surface area contributed by atoms with E-state index in [0.717, 1.165) is 5.56 Å². The van der Waals surface area contributed by atoms with Crippen molar-refractivity contribution in [1.29, 1.82) is 0 Å². The summed E-state index contributed by atoms with van der Waals surface area (Å²) in [6.45, 7) is 3.40. The van der Waals surface area contributed by atoms with Crippen molar-refractivity contribution in [2.24, 2.45) is 5.73 Å². The van der Waals surface area contributed by atoms with Gasteiger partial charge in [0.05, 0.1) is 26.4 Å². The van der Waals surface area contributed by atoms with E-state index in [4.69, 9.17) is 15.2 Å². The molecule has 0 fully saturated rings. The molecule has 182 valence electrons. The van der Waals surface area contributed by atoms with Crippen LogP contribution in [0.2, 0.25) is 0 Å². The van der Waals surface area contributed by atoms with Crippen LogP contribution in [0.4, 0.5) is 26.6 Å². The molecule has 0 spiro atoms. The van der Waals surface area contributed by atoms with Crippen LogP contribution in [0, 0.1) is 11.6 Å². The molecule has 0 saturated heterocycles. The van der Waals surface area contributed by atoms with Gasteiger partial charge < -0.3 is 31.2 Å². The van der Waals surface area contributed by atoms with Crippen molar-refractivity contribution in [3.63, 3.8) is 0 Å². The van der Waals surface area contributed by atoms with E-state index in [9.17, 15) is 8.78 Å². The highest BCUT2D eigenvalue weighted by atomic mass is 19.1. The molecular formula is C23H29F2N7O2. The Hall–Kier alpha value is -3.41. The number of rotatable bonds is 15. The summed E-state index contributed by atoms with van der Waals surface area (Å²) in [5, 5.41) is 9.22. The Morgan fingerprint density at radius 1 is 0.706 bits per heavy atom. The standard InChI is InChI=1S/C23H29F2N7O2/c24-19-7-5-17(6-8-19)15-28-22-30-21(27-10-12-34-14-13-33-11-9-26)31-23(32-22)29-16-18-3-1-2-4-20(18)25/h1-8H,9-16,26H2,(H3,27,28,29,30,31,32). The fourth-order valence-corrected chi connectivity index (χ4v) is 2.85. The molecule has 3 aromatic rings. The van der Waals surface area contributed by atoms with Gasteiger partial charge in [-0.2, -0.15) is 15.0 Å². The van der Waals surface area contributed by atoms with Gasteiger partial charge in [-0.3, -0.25) is 0 Å². The van der Waals surface area contributed by atoms with Gasteiger partial charge in [-0.05, 0) is 23.8 Å². The second-order valence-corrected chi connectivity index (χ2v) is 7.17. The van der Waals surface area contributed by atoms with Crippen molar-refractivity contribution in [3.05, 3.63) is 71.3 Å². The van der Waals surface area contributed by atoms with Crippen LogP contribution in [-0.4, -0.2) is 54.5 Å². The summed E-state index contributed by atoms with van der Waals surface area (Å²) in [7, 11) is 0. The third kappa shape index (κ3) is 8.85. The minimum absolute atomic E-state index is 0.208. The summed E-state index contributed by atoms with van der Waals surface area (Å²) in [6, 6.07) is 12.6. The van der Waals surface area contributed by atoms with E-state index in [0.29, 0.717) is 63.5 Å². The summed E-state index contributed by atoms with van der Waals surface area (Å²) >= 11 is 0. The van der Waals surface area contributed by atoms with Crippen LogP contribution in [0.3, 0.4) is 0 Å². The summed E-state index contributed by atoms with van der Waals surface area (Å²) < 4.78 is 37.8. The fourth-order valence-electron chi connectivity index (χ4n) is 2.85. The van der Waals surface area contributed by atoms with E-state index >= 15 is 0 Å². The molecule has 0 aliphatic heterocycles. The lowest BCUT2D eigenvalue weighted by atomic mass is 10.2. The zero-order valence-corrected chi connectivity index (χ0v) is 18.8. The van der Waals surface area contributed by atoms with Crippen LogP contribution < -0.4 is 21.7 Å². The maximum atomic E-state index is 14.0. The summed E-state index contributed by atoms with van der Waals surface area (Å²) in [5.41, 5.74) is 6.72. The van der Waals surface area contributed by atoms with Gasteiger partial charge >= 0.3 is 0 Å². The molecule has 11 heteroatoms. The lowest BCUT2D eigenvalue weighted by Gasteiger charge is -2.12. The number of halogens is 2. The Morgan fingerprint density at radius 3 is 2.00 bits per heavy atom. The molecular weight excluding hydrogens is 444 g/mol. The van der Waals surface area contributed by atoms with Gasteiger partial charge in [0, 0.05) is 31.7 Å². The highest BCUT2D eigenvalue weighted by molar-refractivity contribution is 5.43. The van der Waals surface area contributed by atoms with Crippen LogP contribution in [0.25, 0.3) is 0 Å². The molecule has 1 heterocycles. The van der Waals surface area contributed by atoms with Gasteiger partial charge in [-0.1, -0.05) is 30.3 Å². The summed E-state index contributed by atoms with van der Waals surface area (Å²) in [6.07, 6.45) is 0. The largest absolute Gasteiger partial charge is 0.378 e. The van der Waals surface area contributed by atoms with Gasteiger partial charge in [0.25, 0.3) is 0 Å². The first kappa shape index (κ1) is 25.2. The van der Waals surface area contributed by atoms with Gasteiger partial charge in [0.1, 0.15) is 11.6 Å². The molecule has 2 aromatic carbocycles. The normalized spacial score (nSPS) is 10.8. The molecule has 9 nitrogen and oxygen atoms in total. The minimum Gasteiger partial charge on any atom is -0.378 e. The molecule has 0 amide bonds. The molecule has 0 aliphatic rings.